The summed E-state index contributed by atoms with van der Waals surface area (Å²) in [7, 11) is 0. The molecular weight excluding hydrogens is 148 g/mol. The molecule has 4 nitrogen and oxygen atoms in total. The van der Waals surface area contributed by atoms with Crippen molar-refractivity contribution in [1.82, 2.24) is 0 Å². The maximum absolute atomic E-state index is 8.67. The number of phenolic OH excluding ortho intramolecular Hbond substituents is 2. The molecule has 0 atom stereocenters. The van der Waals surface area contributed by atoms with Gasteiger partial charge in [-0.3, -0.25) is 0 Å². The molecule has 0 aliphatic rings. The van der Waals surface area contributed by atoms with Gasteiger partial charge in [0.1, 0.15) is 0 Å². The third kappa shape index (κ3) is 3.72. The first-order chi connectivity index (χ1) is 5.22. The van der Waals surface area contributed by atoms with Crippen LogP contribution in [0.25, 0.3) is 0 Å². The average Bonchev–Trinajstić information content (AvgIpc) is 1.97. The van der Waals surface area contributed by atoms with E-state index in [-0.39, 0.29) is 17.7 Å². The zero-order valence-corrected chi connectivity index (χ0v) is 5.52. The smallest absolute Gasteiger partial charge is 0.373 e. The zero-order valence-electron chi connectivity index (χ0n) is 5.52. The summed E-state index contributed by atoms with van der Waals surface area (Å²) in [5.41, 5.74) is 0. The van der Waals surface area contributed by atoms with E-state index in [1.807, 2.05) is 0 Å². The zero-order chi connectivity index (χ0) is 8.69. The molecule has 1 aromatic carbocycles. The standard InChI is InChI=1S/C6H6O2.CO2/c7-5-3-1-2-4-6(5)8;2-1-3/h1-4,7-8H;. The lowest BCUT2D eigenvalue weighted by Gasteiger charge is -1.91. The molecule has 1 aromatic rings. The summed E-state index contributed by atoms with van der Waals surface area (Å²) >= 11 is 0. The first-order valence-corrected chi connectivity index (χ1v) is 2.68. The van der Waals surface area contributed by atoms with Crippen molar-refractivity contribution in [2.45, 2.75) is 0 Å². The van der Waals surface area contributed by atoms with Gasteiger partial charge in [0.2, 0.25) is 0 Å². The Bertz CT molecular complexity index is 229. The summed E-state index contributed by atoms with van der Waals surface area (Å²) in [5.74, 6) is -0.153. The van der Waals surface area contributed by atoms with Crippen molar-refractivity contribution in [3.05, 3.63) is 24.3 Å². The van der Waals surface area contributed by atoms with Gasteiger partial charge in [0.05, 0.1) is 0 Å². The Morgan fingerprint density at radius 2 is 1.27 bits per heavy atom. The Morgan fingerprint density at radius 3 is 1.45 bits per heavy atom. The van der Waals surface area contributed by atoms with Gasteiger partial charge in [-0.1, -0.05) is 12.1 Å². The quantitative estimate of drug-likeness (QED) is 0.534. The van der Waals surface area contributed by atoms with Crippen LogP contribution >= 0.6 is 0 Å². The average molecular weight is 154 g/mol. The third-order valence-corrected chi connectivity index (χ3v) is 0.882. The van der Waals surface area contributed by atoms with Crippen LogP contribution in [0.5, 0.6) is 11.5 Å². The lowest BCUT2D eigenvalue weighted by atomic mass is 10.3. The molecule has 11 heavy (non-hydrogen) atoms. The number of hydrogen-bond acceptors (Lipinski definition) is 4. The Balaban J connectivity index is 0.000000292. The van der Waals surface area contributed by atoms with Crippen LogP contribution in [-0.2, 0) is 9.59 Å². The van der Waals surface area contributed by atoms with Gasteiger partial charge >= 0.3 is 6.15 Å². The Morgan fingerprint density at radius 1 is 1.00 bits per heavy atom. The highest BCUT2D eigenvalue weighted by atomic mass is 16.3. The molecule has 0 heterocycles. The molecule has 0 unspecified atom stereocenters. The van der Waals surface area contributed by atoms with E-state index in [9.17, 15) is 0 Å². The molecule has 0 fully saturated rings. The fourth-order valence-corrected chi connectivity index (χ4v) is 0.464. The molecular formula is C7H6O4. The van der Waals surface area contributed by atoms with E-state index in [1.165, 1.54) is 12.1 Å². The van der Waals surface area contributed by atoms with Gasteiger partial charge in [-0.25, -0.2) is 0 Å². The van der Waals surface area contributed by atoms with E-state index in [1.54, 1.807) is 12.1 Å². The minimum atomic E-state index is -0.0764. The largest absolute Gasteiger partial charge is 0.504 e. The van der Waals surface area contributed by atoms with Crippen molar-refractivity contribution in [3.8, 4) is 11.5 Å². The molecule has 1 rings (SSSR count). The minimum Gasteiger partial charge on any atom is -0.504 e. The van der Waals surface area contributed by atoms with E-state index in [0.717, 1.165) is 0 Å². The van der Waals surface area contributed by atoms with Gasteiger partial charge in [-0.05, 0) is 12.1 Å². The van der Waals surface area contributed by atoms with Crippen LogP contribution in [0.15, 0.2) is 24.3 Å². The van der Waals surface area contributed by atoms with E-state index in [0.29, 0.717) is 0 Å². The molecule has 0 saturated carbocycles. The molecule has 0 aliphatic carbocycles. The van der Waals surface area contributed by atoms with E-state index < -0.39 is 0 Å². The van der Waals surface area contributed by atoms with Crippen molar-refractivity contribution in [2.75, 3.05) is 0 Å². The van der Waals surface area contributed by atoms with Crippen molar-refractivity contribution in [2.24, 2.45) is 0 Å². The first kappa shape index (κ1) is 9.20. The molecule has 0 saturated heterocycles. The highest BCUT2D eigenvalue weighted by molar-refractivity contribution is 5.36. The van der Waals surface area contributed by atoms with Crippen LogP contribution in [0.2, 0.25) is 0 Å². The van der Waals surface area contributed by atoms with E-state index in [2.05, 4.69) is 0 Å². The molecule has 0 amide bonds. The van der Waals surface area contributed by atoms with Crippen LogP contribution in [-0.4, -0.2) is 16.4 Å². The third-order valence-electron chi connectivity index (χ3n) is 0.882. The van der Waals surface area contributed by atoms with Crippen LogP contribution in [0.3, 0.4) is 0 Å². The van der Waals surface area contributed by atoms with Crippen LogP contribution in [0, 0.1) is 0 Å². The van der Waals surface area contributed by atoms with Crippen molar-refractivity contribution in [1.29, 1.82) is 0 Å². The molecule has 0 aromatic heterocycles. The maximum atomic E-state index is 8.67. The van der Waals surface area contributed by atoms with Crippen molar-refractivity contribution in [3.63, 3.8) is 0 Å². The van der Waals surface area contributed by atoms with Crippen molar-refractivity contribution < 1.29 is 19.8 Å². The molecule has 2 N–H and O–H groups in total. The number of hydrogen-bond donors (Lipinski definition) is 2. The van der Waals surface area contributed by atoms with Crippen molar-refractivity contribution >= 4 is 6.15 Å². The molecule has 0 spiro atoms. The highest BCUT2D eigenvalue weighted by Gasteiger charge is 1.90. The number of carbonyl (C=O) groups excluding carboxylic acids is 2. The summed E-state index contributed by atoms with van der Waals surface area (Å²) in [4.78, 5) is 16.2. The molecule has 0 aliphatic heterocycles. The van der Waals surface area contributed by atoms with E-state index in [4.69, 9.17) is 19.8 Å². The monoisotopic (exact) mass is 154 g/mol. The predicted octanol–water partition coefficient (Wildman–Crippen LogP) is 0.514. The second-order valence-electron chi connectivity index (χ2n) is 1.57. The Labute approximate surface area is 62.7 Å². The van der Waals surface area contributed by atoms with Crippen LogP contribution in [0.1, 0.15) is 0 Å². The number of phenols is 2. The second-order valence-corrected chi connectivity index (χ2v) is 1.57. The normalized spacial score (nSPS) is 7.27. The Kier molecular flexibility index (Phi) is 4.20. The van der Waals surface area contributed by atoms with Gasteiger partial charge in [0.15, 0.2) is 11.5 Å². The Hall–Kier alpha value is -1.80. The summed E-state index contributed by atoms with van der Waals surface area (Å²) in [6.45, 7) is 0. The fourth-order valence-electron chi connectivity index (χ4n) is 0.464. The summed E-state index contributed by atoms with van der Waals surface area (Å²) < 4.78 is 0. The number of benzene rings is 1. The summed E-state index contributed by atoms with van der Waals surface area (Å²) in [5, 5.41) is 17.3. The molecule has 58 valence electrons. The summed E-state index contributed by atoms with van der Waals surface area (Å²) in [6, 6.07) is 6.15. The SMILES string of the molecule is O=C=O.Oc1ccccc1O. The predicted molar refractivity (Wildman–Crippen MR) is 34.8 cm³/mol. The summed E-state index contributed by atoms with van der Waals surface area (Å²) in [6.07, 6.45) is 0.250. The van der Waals surface area contributed by atoms with Gasteiger partial charge < -0.3 is 10.2 Å². The highest BCUT2D eigenvalue weighted by Crippen LogP contribution is 2.21. The first-order valence-electron chi connectivity index (χ1n) is 2.68. The number of para-hydroxylation sites is 2. The van der Waals surface area contributed by atoms with Gasteiger partial charge in [-0.15, -0.1) is 0 Å². The van der Waals surface area contributed by atoms with E-state index >= 15 is 0 Å². The number of rotatable bonds is 0. The molecule has 0 bridgehead atoms. The number of aromatic hydroxyl groups is 2. The molecule has 0 radical (unpaired) electrons. The maximum Gasteiger partial charge on any atom is 0.373 e. The fraction of sp³-hybridized carbons (Fsp3) is 0. The van der Waals surface area contributed by atoms with Crippen LogP contribution in [0.4, 0.5) is 0 Å². The van der Waals surface area contributed by atoms with Gasteiger partial charge in [0.25, 0.3) is 0 Å². The minimum absolute atomic E-state index is 0.0764. The second kappa shape index (κ2) is 5.02. The topological polar surface area (TPSA) is 74.6 Å². The molecule has 4 heteroatoms. The van der Waals surface area contributed by atoms with Crippen LogP contribution < -0.4 is 0 Å². The lowest BCUT2D eigenvalue weighted by Crippen LogP contribution is -1.63. The van der Waals surface area contributed by atoms with Gasteiger partial charge in [-0.2, -0.15) is 9.59 Å². The lowest BCUT2D eigenvalue weighted by molar-refractivity contribution is -0.191. The van der Waals surface area contributed by atoms with Gasteiger partial charge in [0, 0.05) is 0 Å².